The van der Waals surface area contributed by atoms with Crippen LogP contribution in [0.4, 0.5) is 0 Å². The third-order valence-electron chi connectivity index (χ3n) is 2.11. The summed E-state index contributed by atoms with van der Waals surface area (Å²) in [5, 5.41) is 8.70. The van der Waals surface area contributed by atoms with E-state index in [4.69, 9.17) is 14.1 Å². The molecule has 0 spiro atoms. The van der Waals surface area contributed by atoms with Gasteiger partial charge in [0.05, 0.1) is 11.6 Å². The Bertz CT molecular complexity index is 393. The second-order valence-electron chi connectivity index (χ2n) is 4.84. The molecule has 0 aliphatic heterocycles. The van der Waals surface area contributed by atoms with Gasteiger partial charge in [-0.2, -0.15) is 5.26 Å². The molecule has 17 heavy (non-hydrogen) atoms. The van der Waals surface area contributed by atoms with E-state index in [2.05, 4.69) is 19.9 Å². The number of hydrogen-bond donors (Lipinski definition) is 0. The Morgan fingerprint density at radius 2 is 1.82 bits per heavy atom. The summed E-state index contributed by atoms with van der Waals surface area (Å²) in [5.74, 6) is 1.27. The van der Waals surface area contributed by atoms with Gasteiger partial charge in [0.1, 0.15) is 5.75 Å². The Hall–Kier alpha value is -1.31. The summed E-state index contributed by atoms with van der Waals surface area (Å²) in [6.45, 7) is 9.00. The van der Waals surface area contributed by atoms with Crippen LogP contribution in [0.2, 0.25) is 13.1 Å². The fourth-order valence-corrected chi connectivity index (χ4v) is 2.78. The minimum absolute atomic E-state index is 0.506. The smallest absolute Gasteiger partial charge is 0.392 e. The zero-order chi connectivity index (χ0) is 12.9. The van der Waals surface area contributed by atoms with Crippen molar-refractivity contribution in [1.82, 2.24) is 0 Å². The average molecular weight is 249 g/mol. The molecular formula is C13H19NO2Si. The van der Waals surface area contributed by atoms with Crippen molar-refractivity contribution in [2.24, 2.45) is 5.92 Å². The Balaban J connectivity index is 2.59. The first-order chi connectivity index (χ1) is 7.93. The first-order valence-corrected chi connectivity index (χ1v) is 8.58. The molecule has 0 aliphatic carbocycles. The Morgan fingerprint density at radius 1 is 1.24 bits per heavy atom. The van der Waals surface area contributed by atoms with Crippen molar-refractivity contribution in [3.63, 3.8) is 0 Å². The van der Waals surface area contributed by atoms with Gasteiger partial charge in [-0.15, -0.1) is 0 Å². The summed E-state index contributed by atoms with van der Waals surface area (Å²) in [6, 6.07) is 9.21. The van der Waals surface area contributed by atoms with E-state index in [1.54, 1.807) is 12.1 Å². The summed E-state index contributed by atoms with van der Waals surface area (Å²) >= 11 is 0. The van der Waals surface area contributed by atoms with Crippen molar-refractivity contribution in [3.8, 4) is 11.8 Å². The number of rotatable bonds is 5. The highest BCUT2D eigenvalue weighted by Crippen LogP contribution is 2.18. The molecule has 92 valence electrons. The molecule has 0 aliphatic rings. The summed E-state index contributed by atoms with van der Waals surface area (Å²) in [7, 11) is -2.12. The predicted molar refractivity (Wildman–Crippen MR) is 70.1 cm³/mol. The van der Waals surface area contributed by atoms with E-state index in [0.29, 0.717) is 11.5 Å². The fourth-order valence-electron chi connectivity index (χ4n) is 1.28. The third kappa shape index (κ3) is 5.03. The third-order valence-corrected chi connectivity index (χ3v) is 3.70. The van der Waals surface area contributed by atoms with Crippen molar-refractivity contribution < 1.29 is 8.85 Å². The first kappa shape index (κ1) is 13.8. The number of benzene rings is 1. The van der Waals surface area contributed by atoms with E-state index < -0.39 is 8.56 Å². The molecule has 0 bridgehead atoms. The van der Waals surface area contributed by atoms with Crippen LogP contribution in [-0.4, -0.2) is 15.2 Å². The Morgan fingerprint density at radius 3 is 2.29 bits per heavy atom. The van der Waals surface area contributed by atoms with Gasteiger partial charge in [0.25, 0.3) is 0 Å². The highest BCUT2D eigenvalue weighted by Gasteiger charge is 2.26. The van der Waals surface area contributed by atoms with Gasteiger partial charge in [0.2, 0.25) is 0 Å². The predicted octanol–water partition coefficient (Wildman–Crippen LogP) is 3.31. The molecule has 0 N–H and O–H groups in total. The zero-order valence-corrected chi connectivity index (χ0v) is 11.9. The lowest BCUT2D eigenvalue weighted by Gasteiger charge is -2.24. The monoisotopic (exact) mass is 249 g/mol. The van der Waals surface area contributed by atoms with Gasteiger partial charge in [0.15, 0.2) is 0 Å². The van der Waals surface area contributed by atoms with Crippen molar-refractivity contribution in [2.45, 2.75) is 26.9 Å². The molecule has 0 saturated carbocycles. The highest BCUT2D eigenvalue weighted by atomic mass is 28.4. The molecule has 3 nitrogen and oxygen atoms in total. The summed E-state index contributed by atoms with van der Waals surface area (Å²) < 4.78 is 11.7. The SMILES string of the molecule is CC(C)CO[Si](C)(C)Oc1ccc(C#N)cc1. The largest absolute Gasteiger partial charge is 0.520 e. The molecule has 1 aromatic carbocycles. The van der Waals surface area contributed by atoms with Crippen molar-refractivity contribution in [3.05, 3.63) is 29.8 Å². The number of nitriles is 1. The molecular weight excluding hydrogens is 230 g/mol. The van der Waals surface area contributed by atoms with E-state index >= 15 is 0 Å². The molecule has 1 rings (SSSR count). The standard InChI is InChI=1S/C13H19NO2Si/c1-11(2)10-15-17(3,4)16-13-7-5-12(9-14)6-8-13/h5-8,11H,10H2,1-4H3. The van der Waals surface area contributed by atoms with Crippen LogP contribution >= 0.6 is 0 Å². The molecule has 4 heteroatoms. The Labute approximate surface area is 104 Å². The second kappa shape index (κ2) is 5.85. The molecule has 0 heterocycles. The first-order valence-electron chi connectivity index (χ1n) is 5.76. The maximum absolute atomic E-state index is 8.70. The van der Waals surface area contributed by atoms with Crippen LogP contribution in [0.3, 0.4) is 0 Å². The topological polar surface area (TPSA) is 42.2 Å². The van der Waals surface area contributed by atoms with Gasteiger partial charge in [-0.1, -0.05) is 13.8 Å². The van der Waals surface area contributed by atoms with Gasteiger partial charge in [-0.05, 0) is 43.3 Å². The van der Waals surface area contributed by atoms with Crippen LogP contribution in [0.1, 0.15) is 19.4 Å². The van der Waals surface area contributed by atoms with E-state index in [0.717, 1.165) is 12.4 Å². The van der Waals surface area contributed by atoms with E-state index in [1.165, 1.54) is 0 Å². The zero-order valence-electron chi connectivity index (χ0n) is 10.9. The highest BCUT2D eigenvalue weighted by molar-refractivity contribution is 6.65. The maximum atomic E-state index is 8.70. The molecule has 1 aromatic rings. The van der Waals surface area contributed by atoms with E-state index in [-0.39, 0.29) is 0 Å². The minimum atomic E-state index is -2.12. The van der Waals surface area contributed by atoms with Crippen LogP contribution in [0.25, 0.3) is 0 Å². The Kier molecular flexibility index (Phi) is 4.73. The summed E-state index contributed by atoms with van der Waals surface area (Å²) in [6.07, 6.45) is 0. The molecule has 0 radical (unpaired) electrons. The lowest BCUT2D eigenvalue weighted by molar-refractivity contribution is 0.216. The molecule has 0 amide bonds. The molecule has 0 aromatic heterocycles. The van der Waals surface area contributed by atoms with Gasteiger partial charge in [0, 0.05) is 6.61 Å². The van der Waals surface area contributed by atoms with Crippen molar-refractivity contribution >= 4 is 8.56 Å². The number of nitrogens with zero attached hydrogens (tertiary/aromatic N) is 1. The fraction of sp³-hybridized carbons (Fsp3) is 0.462. The normalized spacial score (nSPS) is 11.3. The van der Waals surface area contributed by atoms with Crippen LogP contribution in [-0.2, 0) is 4.43 Å². The molecule has 0 saturated heterocycles. The average Bonchev–Trinajstić information content (AvgIpc) is 2.27. The maximum Gasteiger partial charge on any atom is 0.392 e. The quantitative estimate of drug-likeness (QED) is 0.752. The van der Waals surface area contributed by atoms with Crippen LogP contribution in [0.15, 0.2) is 24.3 Å². The van der Waals surface area contributed by atoms with Gasteiger partial charge in [-0.25, -0.2) is 0 Å². The second-order valence-corrected chi connectivity index (χ2v) is 8.14. The lowest BCUT2D eigenvalue weighted by Crippen LogP contribution is -2.39. The molecule has 0 unspecified atom stereocenters. The minimum Gasteiger partial charge on any atom is -0.520 e. The number of hydrogen-bond acceptors (Lipinski definition) is 3. The van der Waals surface area contributed by atoms with Crippen molar-refractivity contribution in [1.29, 1.82) is 5.26 Å². The molecule has 0 atom stereocenters. The van der Waals surface area contributed by atoms with Gasteiger partial charge in [-0.3, -0.25) is 0 Å². The van der Waals surface area contributed by atoms with Gasteiger partial charge >= 0.3 is 8.56 Å². The summed E-state index contributed by atoms with van der Waals surface area (Å²) in [4.78, 5) is 0. The van der Waals surface area contributed by atoms with Crippen LogP contribution < -0.4 is 4.43 Å². The van der Waals surface area contributed by atoms with Crippen molar-refractivity contribution in [2.75, 3.05) is 6.61 Å². The lowest BCUT2D eigenvalue weighted by atomic mass is 10.2. The summed E-state index contributed by atoms with van der Waals surface area (Å²) in [5.41, 5.74) is 0.639. The molecule has 0 fully saturated rings. The van der Waals surface area contributed by atoms with Crippen LogP contribution in [0.5, 0.6) is 5.75 Å². The van der Waals surface area contributed by atoms with Crippen LogP contribution in [0, 0.1) is 17.2 Å². The van der Waals surface area contributed by atoms with E-state index in [9.17, 15) is 0 Å². The van der Waals surface area contributed by atoms with Gasteiger partial charge < -0.3 is 8.85 Å². The van der Waals surface area contributed by atoms with E-state index in [1.807, 2.05) is 25.2 Å².